The van der Waals surface area contributed by atoms with E-state index in [1.165, 1.54) is 13.3 Å². The normalized spacial score (nSPS) is 17.9. The quantitative estimate of drug-likeness (QED) is 0.584. The lowest BCUT2D eigenvalue weighted by molar-refractivity contribution is -0.118. The number of rotatable bonds is 6. The maximum atomic E-state index is 11.6. The molecular weight excluding hydrogens is 242 g/mol. The highest BCUT2D eigenvalue weighted by Crippen LogP contribution is 2.17. The van der Waals surface area contributed by atoms with Gasteiger partial charge in [-0.2, -0.15) is 13.1 Å². The summed E-state index contributed by atoms with van der Waals surface area (Å²) in [5.41, 5.74) is 0. The van der Waals surface area contributed by atoms with Gasteiger partial charge in [0.05, 0.1) is 0 Å². The first kappa shape index (κ1) is 14.4. The standard InChI is InChI=1S/C10H21N3O3S/c1-9(14)11-7-8-12-17(15,16)13-10-5-3-2-4-6-10/h10,12-13H,2-8H2,1H3,(H,11,14). The molecule has 1 aliphatic carbocycles. The van der Waals surface area contributed by atoms with Gasteiger partial charge in [0.25, 0.3) is 10.2 Å². The third-order valence-electron chi connectivity index (χ3n) is 2.72. The molecule has 0 saturated heterocycles. The number of hydrogen-bond acceptors (Lipinski definition) is 3. The van der Waals surface area contributed by atoms with Crippen LogP contribution in [0.1, 0.15) is 39.0 Å². The summed E-state index contributed by atoms with van der Waals surface area (Å²) in [6.45, 7) is 1.91. The molecular formula is C10H21N3O3S. The minimum Gasteiger partial charge on any atom is -0.355 e. The summed E-state index contributed by atoms with van der Waals surface area (Å²) < 4.78 is 28.3. The van der Waals surface area contributed by atoms with Crippen molar-refractivity contribution in [2.45, 2.75) is 45.1 Å². The molecule has 1 amide bonds. The fourth-order valence-electron chi connectivity index (χ4n) is 1.91. The van der Waals surface area contributed by atoms with Gasteiger partial charge in [-0.05, 0) is 12.8 Å². The van der Waals surface area contributed by atoms with Gasteiger partial charge in [-0.1, -0.05) is 19.3 Å². The van der Waals surface area contributed by atoms with Crippen LogP contribution in [-0.4, -0.2) is 33.5 Å². The smallest absolute Gasteiger partial charge is 0.277 e. The molecule has 0 spiro atoms. The van der Waals surface area contributed by atoms with Gasteiger partial charge in [0.1, 0.15) is 0 Å². The Morgan fingerprint density at radius 1 is 1.18 bits per heavy atom. The summed E-state index contributed by atoms with van der Waals surface area (Å²) in [4.78, 5) is 10.6. The third kappa shape index (κ3) is 6.60. The minimum absolute atomic E-state index is 0.0574. The molecule has 1 aliphatic rings. The minimum atomic E-state index is -3.43. The van der Waals surface area contributed by atoms with Crippen LogP contribution in [0.5, 0.6) is 0 Å². The van der Waals surface area contributed by atoms with Crippen molar-refractivity contribution in [3.05, 3.63) is 0 Å². The first-order valence-electron chi connectivity index (χ1n) is 6.01. The molecule has 0 aromatic rings. The predicted molar refractivity (Wildman–Crippen MR) is 65.6 cm³/mol. The summed E-state index contributed by atoms with van der Waals surface area (Å²) in [6, 6.07) is 0.0574. The Hall–Kier alpha value is -0.660. The van der Waals surface area contributed by atoms with Crippen molar-refractivity contribution < 1.29 is 13.2 Å². The lowest BCUT2D eigenvalue weighted by Gasteiger charge is -2.22. The highest BCUT2D eigenvalue weighted by atomic mass is 32.2. The maximum absolute atomic E-state index is 11.6. The molecule has 0 bridgehead atoms. The number of hydrogen-bond donors (Lipinski definition) is 3. The molecule has 100 valence electrons. The summed E-state index contributed by atoms with van der Waals surface area (Å²) in [6.07, 6.45) is 5.17. The molecule has 1 rings (SSSR count). The van der Waals surface area contributed by atoms with Crippen LogP contribution in [0.25, 0.3) is 0 Å². The fraction of sp³-hybridized carbons (Fsp3) is 0.900. The van der Waals surface area contributed by atoms with Crippen LogP contribution in [-0.2, 0) is 15.0 Å². The zero-order valence-corrected chi connectivity index (χ0v) is 11.0. The lowest BCUT2D eigenvalue weighted by atomic mass is 9.96. The van der Waals surface area contributed by atoms with Gasteiger partial charge in [0.15, 0.2) is 0 Å². The summed E-state index contributed by atoms with van der Waals surface area (Å²) in [5, 5.41) is 2.53. The zero-order valence-electron chi connectivity index (χ0n) is 10.2. The summed E-state index contributed by atoms with van der Waals surface area (Å²) in [7, 11) is -3.43. The Balaban J connectivity index is 2.22. The van der Waals surface area contributed by atoms with Crippen LogP contribution in [0.15, 0.2) is 0 Å². The molecule has 0 aromatic heterocycles. The van der Waals surface area contributed by atoms with E-state index in [9.17, 15) is 13.2 Å². The molecule has 0 heterocycles. The van der Waals surface area contributed by atoms with Crippen molar-refractivity contribution in [2.75, 3.05) is 13.1 Å². The van der Waals surface area contributed by atoms with Gasteiger partial charge in [0, 0.05) is 26.1 Å². The van der Waals surface area contributed by atoms with E-state index in [1.54, 1.807) is 0 Å². The average molecular weight is 263 g/mol. The second-order valence-electron chi connectivity index (χ2n) is 4.33. The van der Waals surface area contributed by atoms with E-state index in [-0.39, 0.29) is 18.5 Å². The molecule has 0 aromatic carbocycles. The van der Waals surface area contributed by atoms with E-state index < -0.39 is 10.2 Å². The molecule has 0 atom stereocenters. The predicted octanol–water partition coefficient (Wildman–Crippen LogP) is -0.121. The van der Waals surface area contributed by atoms with Crippen molar-refractivity contribution in [1.82, 2.24) is 14.8 Å². The highest BCUT2D eigenvalue weighted by Gasteiger charge is 2.19. The van der Waals surface area contributed by atoms with Gasteiger partial charge >= 0.3 is 0 Å². The number of nitrogens with one attached hydrogen (secondary N) is 3. The maximum Gasteiger partial charge on any atom is 0.277 e. The lowest BCUT2D eigenvalue weighted by Crippen LogP contribution is -2.45. The van der Waals surface area contributed by atoms with E-state index in [1.807, 2.05) is 0 Å². The van der Waals surface area contributed by atoms with Crippen LogP contribution < -0.4 is 14.8 Å². The fourth-order valence-corrected chi connectivity index (χ4v) is 3.03. The SMILES string of the molecule is CC(=O)NCCNS(=O)(=O)NC1CCCCC1. The molecule has 3 N–H and O–H groups in total. The van der Waals surface area contributed by atoms with Crippen LogP contribution in [0.3, 0.4) is 0 Å². The molecule has 0 radical (unpaired) electrons. The first-order chi connectivity index (χ1) is 7.99. The molecule has 0 unspecified atom stereocenters. The van der Waals surface area contributed by atoms with Crippen LogP contribution >= 0.6 is 0 Å². The summed E-state index contributed by atoms with van der Waals surface area (Å²) in [5.74, 6) is -0.163. The van der Waals surface area contributed by atoms with E-state index in [0.29, 0.717) is 6.54 Å². The van der Waals surface area contributed by atoms with Crippen molar-refractivity contribution in [3.8, 4) is 0 Å². The number of carbonyl (C=O) groups excluding carboxylic acids is 1. The Morgan fingerprint density at radius 2 is 1.82 bits per heavy atom. The second-order valence-corrected chi connectivity index (χ2v) is 5.86. The van der Waals surface area contributed by atoms with E-state index in [4.69, 9.17) is 0 Å². The zero-order chi connectivity index (χ0) is 12.7. The first-order valence-corrected chi connectivity index (χ1v) is 7.49. The van der Waals surface area contributed by atoms with Gasteiger partial charge in [-0.3, -0.25) is 4.79 Å². The molecule has 17 heavy (non-hydrogen) atoms. The molecule has 1 saturated carbocycles. The Kier molecular flexibility index (Phi) is 5.87. The topological polar surface area (TPSA) is 87.3 Å². The number of amides is 1. The highest BCUT2D eigenvalue weighted by molar-refractivity contribution is 7.87. The van der Waals surface area contributed by atoms with Crippen molar-refractivity contribution >= 4 is 16.1 Å². The monoisotopic (exact) mass is 263 g/mol. The van der Waals surface area contributed by atoms with Crippen LogP contribution in [0.2, 0.25) is 0 Å². The van der Waals surface area contributed by atoms with Gasteiger partial charge < -0.3 is 5.32 Å². The Morgan fingerprint density at radius 3 is 2.41 bits per heavy atom. The number of carbonyl (C=O) groups is 1. The third-order valence-corrected chi connectivity index (χ3v) is 3.95. The molecule has 1 fully saturated rings. The van der Waals surface area contributed by atoms with Crippen molar-refractivity contribution in [1.29, 1.82) is 0 Å². The summed E-state index contributed by atoms with van der Waals surface area (Å²) >= 11 is 0. The van der Waals surface area contributed by atoms with Gasteiger partial charge in [-0.15, -0.1) is 0 Å². The van der Waals surface area contributed by atoms with Crippen molar-refractivity contribution in [3.63, 3.8) is 0 Å². The largest absolute Gasteiger partial charge is 0.355 e. The van der Waals surface area contributed by atoms with Crippen molar-refractivity contribution in [2.24, 2.45) is 0 Å². The molecule has 7 heteroatoms. The Bertz CT molecular complexity index is 337. The molecule has 0 aliphatic heterocycles. The van der Waals surface area contributed by atoms with Gasteiger partial charge in [0.2, 0.25) is 5.91 Å². The van der Waals surface area contributed by atoms with Gasteiger partial charge in [-0.25, -0.2) is 4.72 Å². The van der Waals surface area contributed by atoms with E-state index in [2.05, 4.69) is 14.8 Å². The second kappa shape index (κ2) is 6.93. The van der Waals surface area contributed by atoms with E-state index >= 15 is 0 Å². The molecule has 6 nitrogen and oxygen atoms in total. The Labute approximate surface area is 103 Å². The average Bonchev–Trinajstić information content (AvgIpc) is 2.25. The van der Waals surface area contributed by atoms with E-state index in [0.717, 1.165) is 25.7 Å². The van der Waals surface area contributed by atoms with Crippen LogP contribution in [0.4, 0.5) is 0 Å². The van der Waals surface area contributed by atoms with Crippen LogP contribution in [0, 0.1) is 0 Å².